The van der Waals surface area contributed by atoms with Crippen molar-refractivity contribution in [3.05, 3.63) is 131 Å². The van der Waals surface area contributed by atoms with Gasteiger partial charge in [-0.2, -0.15) is 0 Å². The largest absolute Gasteiger partial charge is 0.0619 e. The quantitative estimate of drug-likeness (QED) is 0.272. The zero-order valence-electron chi connectivity index (χ0n) is 17.8. The minimum atomic E-state index is 1.05. The highest BCUT2D eigenvalue weighted by Crippen LogP contribution is 2.40. The van der Waals surface area contributed by atoms with Gasteiger partial charge in [0.05, 0.1) is 0 Å². The van der Waals surface area contributed by atoms with Gasteiger partial charge in [-0.05, 0) is 91.7 Å². The van der Waals surface area contributed by atoms with Crippen LogP contribution in [0.2, 0.25) is 0 Å². The number of hydrogen-bond acceptors (Lipinski definition) is 0. The van der Waals surface area contributed by atoms with Crippen molar-refractivity contribution in [1.82, 2.24) is 0 Å². The summed E-state index contributed by atoms with van der Waals surface area (Å²) in [6.45, 7) is 0. The van der Waals surface area contributed by atoms with Crippen molar-refractivity contribution >= 4 is 0 Å². The lowest BCUT2D eigenvalue weighted by Gasteiger charge is -2.09. The molecule has 0 atom stereocenters. The van der Waals surface area contributed by atoms with Gasteiger partial charge >= 0.3 is 0 Å². The topological polar surface area (TPSA) is 0 Å². The van der Waals surface area contributed by atoms with Crippen molar-refractivity contribution in [2.24, 2.45) is 0 Å². The summed E-state index contributed by atoms with van der Waals surface area (Å²) >= 11 is 0. The molecule has 0 radical (unpaired) electrons. The Morgan fingerprint density at radius 3 is 1.16 bits per heavy atom. The fourth-order valence-electron chi connectivity index (χ4n) is 5.46. The average molecular weight is 407 g/mol. The predicted octanol–water partition coefficient (Wildman–Crippen LogP) is 8.16. The lowest BCUT2D eigenvalue weighted by molar-refractivity contribution is 1.26. The van der Waals surface area contributed by atoms with Crippen LogP contribution in [-0.4, -0.2) is 0 Å². The van der Waals surface area contributed by atoms with E-state index in [0.29, 0.717) is 0 Å². The Morgan fingerprint density at radius 2 is 0.688 bits per heavy atom. The van der Waals surface area contributed by atoms with Crippen molar-refractivity contribution in [2.45, 2.75) is 12.8 Å². The molecule has 0 bridgehead atoms. The SMILES string of the molecule is c1ccc2c(c1)Cc1ccc(-c3ccc(-c4ccc5c(c4)-c4ccccc4C5)cc3)cc1-2. The molecule has 0 saturated heterocycles. The third-order valence-corrected chi connectivity index (χ3v) is 7.15. The standard InChI is InChI=1S/C32H22/c1-3-7-29-25(5-1)17-27-15-13-23(19-31(27)29)21-9-11-22(12-10-21)24-14-16-28-18-26-6-2-4-8-30(26)32(28)20-24/h1-16,19-20H,17-18H2. The van der Waals surface area contributed by atoms with Crippen molar-refractivity contribution in [2.75, 3.05) is 0 Å². The third kappa shape index (κ3) is 2.70. The number of hydrogen-bond donors (Lipinski definition) is 0. The highest BCUT2D eigenvalue weighted by atomic mass is 14.2. The van der Waals surface area contributed by atoms with E-state index in [9.17, 15) is 0 Å². The number of rotatable bonds is 2. The zero-order valence-corrected chi connectivity index (χ0v) is 17.8. The molecule has 7 rings (SSSR count). The molecule has 0 spiro atoms. The van der Waals surface area contributed by atoms with Gasteiger partial charge < -0.3 is 0 Å². The van der Waals surface area contributed by atoms with Crippen LogP contribution in [0.25, 0.3) is 44.5 Å². The van der Waals surface area contributed by atoms with Crippen LogP contribution in [0.5, 0.6) is 0 Å². The minimum absolute atomic E-state index is 1.05. The van der Waals surface area contributed by atoms with E-state index in [0.717, 1.165) is 12.8 Å². The molecule has 2 aliphatic carbocycles. The summed E-state index contributed by atoms with van der Waals surface area (Å²) in [5.74, 6) is 0. The van der Waals surface area contributed by atoms with Gasteiger partial charge in [0, 0.05) is 0 Å². The second kappa shape index (κ2) is 6.80. The van der Waals surface area contributed by atoms with Crippen molar-refractivity contribution in [3.63, 3.8) is 0 Å². The number of benzene rings is 5. The Hall–Kier alpha value is -3.90. The molecule has 0 fully saturated rings. The van der Waals surface area contributed by atoms with Crippen molar-refractivity contribution in [3.8, 4) is 44.5 Å². The molecule has 0 aliphatic heterocycles. The molecule has 32 heavy (non-hydrogen) atoms. The van der Waals surface area contributed by atoms with E-state index in [4.69, 9.17) is 0 Å². The summed E-state index contributed by atoms with van der Waals surface area (Å²) in [6, 6.07) is 40.5. The Kier molecular flexibility index (Phi) is 3.77. The molecular weight excluding hydrogens is 384 g/mol. The molecule has 0 aromatic heterocycles. The lowest BCUT2D eigenvalue weighted by atomic mass is 9.95. The summed E-state index contributed by atoms with van der Waals surface area (Å²) in [4.78, 5) is 0. The van der Waals surface area contributed by atoms with Crippen LogP contribution in [0.3, 0.4) is 0 Å². The average Bonchev–Trinajstić information content (AvgIpc) is 3.41. The van der Waals surface area contributed by atoms with Crippen LogP contribution in [0.1, 0.15) is 22.3 Å². The maximum Gasteiger partial charge on any atom is -0.00134 e. The van der Waals surface area contributed by atoms with Crippen molar-refractivity contribution < 1.29 is 0 Å². The summed E-state index contributed by atoms with van der Waals surface area (Å²) in [5, 5.41) is 0. The van der Waals surface area contributed by atoms with Crippen molar-refractivity contribution in [1.29, 1.82) is 0 Å². The van der Waals surface area contributed by atoms with E-state index in [-0.39, 0.29) is 0 Å². The molecule has 2 aliphatic rings. The molecule has 5 aromatic carbocycles. The second-order valence-electron chi connectivity index (χ2n) is 8.99. The predicted molar refractivity (Wildman–Crippen MR) is 134 cm³/mol. The fraction of sp³-hybridized carbons (Fsp3) is 0.0625. The van der Waals surface area contributed by atoms with Gasteiger partial charge in [0.25, 0.3) is 0 Å². The highest BCUT2D eigenvalue weighted by molar-refractivity contribution is 5.84. The fourth-order valence-corrected chi connectivity index (χ4v) is 5.46. The summed E-state index contributed by atoms with van der Waals surface area (Å²) in [6.07, 6.45) is 2.10. The van der Waals surface area contributed by atoms with Crippen LogP contribution < -0.4 is 0 Å². The molecule has 0 N–H and O–H groups in total. The maximum atomic E-state index is 2.36. The van der Waals surface area contributed by atoms with Crippen LogP contribution in [0, 0.1) is 0 Å². The van der Waals surface area contributed by atoms with E-state index >= 15 is 0 Å². The van der Waals surface area contributed by atoms with Gasteiger partial charge in [0.15, 0.2) is 0 Å². The summed E-state index contributed by atoms with van der Waals surface area (Å²) in [5.41, 5.74) is 16.4. The first kappa shape index (κ1) is 17.7. The van der Waals surface area contributed by atoms with Gasteiger partial charge in [-0.25, -0.2) is 0 Å². The lowest BCUT2D eigenvalue weighted by Crippen LogP contribution is -1.85. The monoisotopic (exact) mass is 406 g/mol. The molecular formula is C32H22. The third-order valence-electron chi connectivity index (χ3n) is 7.15. The smallest absolute Gasteiger partial charge is 0.00134 e. The molecule has 0 nitrogen and oxygen atoms in total. The molecule has 150 valence electrons. The number of fused-ring (bicyclic) bond motifs is 6. The normalized spacial score (nSPS) is 12.8. The molecule has 0 heteroatoms. The van der Waals surface area contributed by atoms with Gasteiger partial charge in [0.1, 0.15) is 0 Å². The Bertz CT molecular complexity index is 1390. The van der Waals surface area contributed by atoms with E-state index in [2.05, 4.69) is 109 Å². The van der Waals surface area contributed by atoms with Crippen LogP contribution in [0.15, 0.2) is 109 Å². The molecule has 5 aromatic rings. The van der Waals surface area contributed by atoms with Gasteiger partial charge in [-0.1, -0.05) is 97.1 Å². The first-order valence-electron chi connectivity index (χ1n) is 11.4. The zero-order chi connectivity index (χ0) is 21.1. The van der Waals surface area contributed by atoms with E-state index in [1.54, 1.807) is 0 Å². The Morgan fingerprint density at radius 1 is 0.312 bits per heavy atom. The minimum Gasteiger partial charge on any atom is -0.0619 e. The van der Waals surface area contributed by atoms with Crippen LogP contribution in [0.4, 0.5) is 0 Å². The molecule has 0 amide bonds. The summed E-state index contributed by atoms with van der Waals surface area (Å²) in [7, 11) is 0. The Labute approximate surface area is 188 Å². The van der Waals surface area contributed by atoms with Crippen LogP contribution >= 0.6 is 0 Å². The summed E-state index contributed by atoms with van der Waals surface area (Å²) < 4.78 is 0. The van der Waals surface area contributed by atoms with Gasteiger partial charge in [-0.15, -0.1) is 0 Å². The molecule has 0 saturated carbocycles. The van der Waals surface area contributed by atoms with E-state index < -0.39 is 0 Å². The molecule has 0 heterocycles. The molecule has 0 unspecified atom stereocenters. The van der Waals surface area contributed by atoms with Gasteiger partial charge in [0.2, 0.25) is 0 Å². The highest BCUT2D eigenvalue weighted by Gasteiger charge is 2.19. The first-order chi connectivity index (χ1) is 15.8. The van der Waals surface area contributed by atoms with E-state index in [1.807, 2.05) is 0 Å². The Balaban J connectivity index is 1.24. The van der Waals surface area contributed by atoms with Crippen LogP contribution in [-0.2, 0) is 12.8 Å². The first-order valence-corrected chi connectivity index (χ1v) is 11.4. The second-order valence-corrected chi connectivity index (χ2v) is 8.99. The van der Waals surface area contributed by atoms with E-state index in [1.165, 1.54) is 66.8 Å². The maximum absolute atomic E-state index is 2.36. The van der Waals surface area contributed by atoms with Gasteiger partial charge in [-0.3, -0.25) is 0 Å².